The summed E-state index contributed by atoms with van der Waals surface area (Å²) in [6, 6.07) is 0. The molecule has 1 atom stereocenters. The van der Waals surface area contributed by atoms with Gasteiger partial charge in [-0.25, -0.2) is 0 Å². The maximum Gasteiger partial charge on any atom is 1.00 e. The zero-order chi connectivity index (χ0) is 15.0. The Morgan fingerprint density at radius 2 is 1.52 bits per heavy atom. The van der Waals surface area contributed by atoms with Crippen LogP contribution in [-0.2, 0) is 4.79 Å². The Bertz CT molecular complexity index is 278. The van der Waals surface area contributed by atoms with E-state index >= 15 is 0 Å². The molecule has 2 fully saturated rings. The normalized spacial score (nSPS) is 21.2. The van der Waals surface area contributed by atoms with Crippen LogP contribution in [0.1, 0.15) is 19.8 Å². The summed E-state index contributed by atoms with van der Waals surface area (Å²) in [7, 11) is 2.42. The second-order valence-corrected chi connectivity index (χ2v) is 5.53. The van der Waals surface area contributed by atoms with E-state index in [2.05, 4.69) is 32.9 Å². The summed E-state index contributed by atoms with van der Waals surface area (Å²) in [5.74, 6) is 0.856. The van der Waals surface area contributed by atoms with Gasteiger partial charge in [0.1, 0.15) is 0 Å². The molecule has 0 bridgehead atoms. The summed E-state index contributed by atoms with van der Waals surface area (Å²) in [4.78, 5) is 18.9. The number of rotatable bonds is 3. The first kappa shape index (κ1) is 22.5. The van der Waals surface area contributed by atoms with Gasteiger partial charge in [-0.15, -0.1) is 9.24 Å². The van der Waals surface area contributed by atoms with Crippen LogP contribution in [0.5, 0.6) is 0 Å². The van der Waals surface area contributed by atoms with E-state index in [0.29, 0.717) is 18.4 Å². The Kier molecular flexibility index (Phi) is 13.7. The number of hydrogen-bond acceptors (Lipinski definition) is 3. The minimum Gasteiger partial charge on any atom is -0.342 e. The molecular weight excluding hydrogens is 308 g/mol. The second kappa shape index (κ2) is 12.8. The first-order valence-electron chi connectivity index (χ1n) is 7.82. The van der Waals surface area contributed by atoms with E-state index in [1.54, 1.807) is 0 Å². The predicted molar refractivity (Wildman–Crippen MR) is 88.8 cm³/mol. The van der Waals surface area contributed by atoms with Crippen LogP contribution in [0.25, 0.3) is 0 Å². The van der Waals surface area contributed by atoms with E-state index in [4.69, 9.17) is 0 Å². The average molecular weight is 340 g/mol. The number of likely N-dealkylation sites (N-methyl/N-ethyl adjacent to an activating group) is 1. The molecule has 0 N–H and O–H groups in total. The summed E-state index contributed by atoms with van der Waals surface area (Å²) in [6.07, 6.45) is 2.13. The third-order valence-corrected chi connectivity index (χ3v) is 4.24. The molecule has 0 aliphatic carbocycles. The predicted octanol–water partition coefficient (Wildman–Crippen LogP) is -1.81. The van der Waals surface area contributed by atoms with E-state index < -0.39 is 0 Å². The van der Waals surface area contributed by atoms with Crippen LogP contribution in [0.4, 0.5) is 0 Å². The van der Waals surface area contributed by atoms with Gasteiger partial charge >= 0.3 is 51.4 Å². The number of nitrogens with zero attached hydrogens (tertiary/aromatic N) is 3. The van der Waals surface area contributed by atoms with Gasteiger partial charge in [0.25, 0.3) is 0 Å². The molecule has 2 rings (SSSR count). The Hall–Kier alpha value is 1.46. The van der Waals surface area contributed by atoms with Crippen molar-refractivity contribution in [1.29, 1.82) is 0 Å². The molecule has 0 aromatic rings. The SMILES string of the molecule is CP.[CH2-]C1CCN(C(=O)CN2CCN(CC)CC2)CC1.[K+]. The van der Waals surface area contributed by atoms with Crippen LogP contribution >= 0.6 is 9.24 Å². The number of carbonyl (C=O) groups is 1. The van der Waals surface area contributed by atoms with Crippen molar-refractivity contribution in [2.45, 2.75) is 19.8 Å². The van der Waals surface area contributed by atoms with Crippen molar-refractivity contribution in [3.05, 3.63) is 6.92 Å². The number of piperidine rings is 1. The minimum atomic E-state index is 0. The van der Waals surface area contributed by atoms with Crippen molar-refractivity contribution >= 4 is 15.1 Å². The first-order valence-corrected chi connectivity index (χ1v) is 8.98. The molecule has 2 saturated heterocycles. The van der Waals surface area contributed by atoms with Crippen molar-refractivity contribution < 1.29 is 56.2 Å². The molecule has 0 aromatic carbocycles. The summed E-state index contributed by atoms with van der Waals surface area (Å²) in [5.41, 5.74) is 0. The smallest absolute Gasteiger partial charge is 0.342 e. The van der Waals surface area contributed by atoms with Crippen molar-refractivity contribution in [3.8, 4) is 0 Å². The standard InChI is InChI=1S/C14H26N3O.CH5P.K/c1-3-15-8-10-16(11-9-15)12-14(18)17-6-4-13(2)5-7-17;1-2;/h13H,2-12H2,1H3;2H2,1H3;/q-1;;+1. The molecule has 2 aliphatic heterocycles. The molecule has 118 valence electrons. The van der Waals surface area contributed by atoms with Gasteiger partial charge in [0.15, 0.2) is 0 Å². The first-order chi connectivity index (χ1) is 9.69. The molecule has 2 heterocycles. The zero-order valence-electron chi connectivity index (χ0n) is 14.2. The Labute approximate surface area is 176 Å². The van der Waals surface area contributed by atoms with Gasteiger partial charge in [-0.1, -0.05) is 26.4 Å². The van der Waals surface area contributed by atoms with Crippen molar-refractivity contribution in [3.63, 3.8) is 0 Å². The largest absolute Gasteiger partial charge is 1.00 e. The topological polar surface area (TPSA) is 26.8 Å². The van der Waals surface area contributed by atoms with Gasteiger partial charge in [-0.3, -0.25) is 9.69 Å². The molecule has 4 nitrogen and oxygen atoms in total. The molecule has 2 aliphatic rings. The average Bonchev–Trinajstić information content (AvgIpc) is 2.50. The van der Waals surface area contributed by atoms with Crippen molar-refractivity contribution in [2.24, 2.45) is 5.92 Å². The fourth-order valence-corrected chi connectivity index (χ4v) is 2.74. The summed E-state index contributed by atoms with van der Waals surface area (Å²) in [5, 5.41) is 0. The fourth-order valence-electron chi connectivity index (χ4n) is 2.74. The van der Waals surface area contributed by atoms with Crippen LogP contribution in [0, 0.1) is 12.8 Å². The van der Waals surface area contributed by atoms with Gasteiger partial charge < -0.3 is 16.7 Å². The van der Waals surface area contributed by atoms with Gasteiger partial charge in [-0.05, 0) is 6.54 Å². The van der Waals surface area contributed by atoms with E-state index in [9.17, 15) is 4.79 Å². The molecule has 6 heteroatoms. The van der Waals surface area contributed by atoms with Crippen LogP contribution < -0.4 is 51.4 Å². The van der Waals surface area contributed by atoms with E-state index in [0.717, 1.165) is 58.7 Å². The van der Waals surface area contributed by atoms with Gasteiger partial charge in [0.05, 0.1) is 6.54 Å². The Morgan fingerprint density at radius 3 is 2.00 bits per heavy atom. The minimum absolute atomic E-state index is 0. The van der Waals surface area contributed by atoms with Gasteiger partial charge in [0.2, 0.25) is 5.91 Å². The van der Waals surface area contributed by atoms with Gasteiger partial charge in [0, 0.05) is 39.3 Å². The maximum absolute atomic E-state index is 12.2. The number of hydrogen-bond donors (Lipinski definition) is 0. The maximum atomic E-state index is 12.2. The van der Waals surface area contributed by atoms with Crippen LogP contribution in [-0.4, -0.2) is 79.6 Å². The third kappa shape index (κ3) is 8.21. The third-order valence-electron chi connectivity index (χ3n) is 4.24. The van der Waals surface area contributed by atoms with Crippen molar-refractivity contribution in [1.82, 2.24) is 14.7 Å². The number of piperazine rings is 1. The van der Waals surface area contributed by atoms with E-state index in [1.165, 1.54) is 0 Å². The Balaban J connectivity index is 0.00000128. The summed E-state index contributed by atoms with van der Waals surface area (Å²) >= 11 is 0. The molecule has 0 aromatic heterocycles. The molecule has 0 spiro atoms. The van der Waals surface area contributed by atoms with Crippen LogP contribution in [0.3, 0.4) is 0 Å². The Morgan fingerprint density at radius 1 is 1.05 bits per heavy atom. The van der Waals surface area contributed by atoms with Gasteiger partial charge in [-0.2, -0.15) is 5.92 Å². The summed E-state index contributed by atoms with van der Waals surface area (Å²) < 4.78 is 0. The fraction of sp³-hybridized carbons (Fsp3) is 0.867. The number of likely N-dealkylation sites (tertiary alicyclic amines) is 1. The quantitative estimate of drug-likeness (QED) is 0.345. The molecule has 0 radical (unpaired) electrons. The number of amides is 1. The van der Waals surface area contributed by atoms with E-state index in [1.807, 2.05) is 11.6 Å². The number of carbonyl (C=O) groups excluding carboxylic acids is 1. The van der Waals surface area contributed by atoms with Crippen molar-refractivity contribution in [2.75, 3.05) is 59.0 Å². The molecule has 1 unspecified atom stereocenters. The van der Waals surface area contributed by atoms with Crippen LogP contribution in [0.15, 0.2) is 0 Å². The summed E-state index contributed by atoms with van der Waals surface area (Å²) in [6.45, 7) is 16.0. The zero-order valence-corrected chi connectivity index (χ0v) is 18.5. The molecule has 0 saturated carbocycles. The monoisotopic (exact) mass is 339 g/mol. The van der Waals surface area contributed by atoms with E-state index in [-0.39, 0.29) is 51.4 Å². The molecule has 1 amide bonds. The second-order valence-electron chi connectivity index (χ2n) is 5.53. The molecule has 21 heavy (non-hydrogen) atoms. The van der Waals surface area contributed by atoms with Crippen LogP contribution in [0.2, 0.25) is 0 Å². The molecular formula is C15H31KN3OP.